The summed E-state index contributed by atoms with van der Waals surface area (Å²) in [6.07, 6.45) is 4.95. The molecule has 19 heavy (non-hydrogen) atoms. The van der Waals surface area contributed by atoms with Crippen LogP contribution in [-0.4, -0.2) is 37.1 Å². The zero-order valence-electron chi connectivity index (χ0n) is 10.2. The van der Waals surface area contributed by atoms with Gasteiger partial charge in [-0.3, -0.25) is 5.10 Å². The fraction of sp³-hybridized carbons (Fsp3) is 0.167. The van der Waals surface area contributed by atoms with Gasteiger partial charge in [-0.1, -0.05) is 0 Å². The van der Waals surface area contributed by atoms with E-state index in [9.17, 15) is 4.79 Å². The van der Waals surface area contributed by atoms with Crippen molar-refractivity contribution in [2.45, 2.75) is 6.92 Å². The standard InChI is InChI=1S/C12H11N5O2/c1-2-19-12(18)9-6-17-5-8(3-4-10(17)15-9)11-13-7-14-16-11/h3-7H,2H2,1H3,(H,13,14,16). The predicted octanol–water partition coefficient (Wildman–Crippen LogP) is 1.30. The third kappa shape index (κ3) is 2.05. The highest BCUT2D eigenvalue weighted by atomic mass is 16.5. The van der Waals surface area contributed by atoms with Gasteiger partial charge >= 0.3 is 5.97 Å². The predicted molar refractivity (Wildman–Crippen MR) is 66.5 cm³/mol. The van der Waals surface area contributed by atoms with E-state index >= 15 is 0 Å². The minimum Gasteiger partial charge on any atom is -0.461 e. The summed E-state index contributed by atoms with van der Waals surface area (Å²) < 4.78 is 6.66. The molecule has 3 heterocycles. The number of aromatic nitrogens is 5. The van der Waals surface area contributed by atoms with Crippen LogP contribution in [0.25, 0.3) is 17.0 Å². The Morgan fingerprint density at radius 1 is 1.42 bits per heavy atom. The van der Waals surface area contributed by atoms with Crippen LogP contribution in [0.5, 0.6) is 0 Å². The highest BCUT2D eigenvalue weighted by Crippen LogP contribution is 2.15. The molecule has 1 N–H and O–H groups in total. The lowest BCUT2D eigenvalue weighted by molar-refractivity contribution is 0.0520. The van der Waals surface area contributed by atoms with Crippen molar-refractivity contribution in [1.29, 1.82) is 0 Å². The first-order chi connectivity index (χ1) is 9.28. The highest BCUT2D eigenvalue weighted by Gasteiger charge is 2.12. The van der Waals surface area contributed by atoms with E-state index in [1.807, 2.05) is 12.3 Å². The van der Waals surface area contributed by atoms with Gasteiger partial charge in [-0.2, -0.15) is 5.10 Å². The zero-order valence-corrected chi connectivity index (χ0v) is 10.2. The van der Waals surface area contributed by atoms with Crippen molar-refractivity contribution in [3.05, 3.63) is 36.5 Å². The number of H-pyrrole nitrogens is 1. The van der Waals surface area contributed by atoms with Crippen molar-refractivity contribution >= 4 is 11.6 Å². The van der Waals surface area contributed by atoms with Gasteiger partial charge in [0.25, 0.3) is 0 Å². The summed E-state index contributed by atoms with van der Waals surface area (Å²) in [6, 6.07) is 3.65. The number of rotatable bonds is 3. The first kappa shape index (κ1) is 11.4. The number of aromatic amines is 1. The van der Waals surface area contributed by atoms with Crippen LogP contribution in [0.1, 0.15) is 17.4 Å². The Balaban J connectivity index is 2.02. The lowest BCUT2D eigenvalue weighted by atomic mass is 10.3. The molecule has 0 amide bonds. The summed E-state index contributed by atoms with van der Waals surface area (Å²) in [4.78, 5) is 19.9. The maximum Gasteiger partial charge on any atom is 0.358 e. The van der Waals surface area contributed by atoms with Crippen LogP contribution >= 0.6 is 0 Å². The van der Waals surface area contributed by atoms with E-state index in [-0.39, 0.29) is 5.69 Å². The molecule has 0 spiro atoms. The Labute approximate surface area is 108 Å². The SMILES string of the molecule is CCOC(=O)c1cn2cc(-c3nc[nH]n3)ccc2n1. The molecule has 3 rings (SSSR count). The smallest absolute Gasteiger partial charge is 0.358 e. The molecule has 0 fully saturated rings. The number of hydrogen-bond donors (Lipinski definition) is 1. The Morgan fingerprint density at radius 3 is 3.05 bits per heavy atom. The minimum atomic E-state index is -0.425. The molecule has 0 aliphatic carbocycles. The number of pyridine rings is 1. The van der Waals surface area contributed by atoms with Crippen LogP contribution in [0.15, 0.2) is 30.9 Å². The third-order valence-corrected chi connectivity index (χ3v) is 2.61. The average Bonchev–Trinajstić information content (AvgIpc) is 3.07. The van der Waals surface area contributed by atoms with Gasteiger partial charge in [-0.05, 0) is 19.1 Å². The molecule has 0 radical (unpaired) electrons. The van der Waals surface area contributed by atoms with E-state index in [2.05, 4.69) is 20.2 Å². The van der Waals surface area contributed by atoms with Crippen LogP contribution in [0.2, 0.25) is 0 Å². The van der Waals surface area contributed by atoms with Crippen molar-refractivity contribution in [2.75, 3.05) is 6.61 Å². The monoisotopic (exact) mass is 257 g/mol. The van der Waals surface area contributed by atoms with Gasteiger partial charge in [0.2, 0.25) is 0 Å². The number of hydrogen-bond acceptors (Lipinski definition) is 5. The molecule has 7 nitrogen and oxygen atoms in total. The largest absolute Gasteiger partial charge is 0.461 e. The second kappa shape index (κ2) is 4.52. The topological polar surface area (TPSA) is 85.2 Å². The summed E-state index contributed by atoms with van der Waals surface area (Å²) in [7, 11) is 0. The van der Waals surface area contributed by atoms with E-state index in [1.54, 1.807) is 23.6 Å². The molecular formula is C12H11N5O2. The molecule has 0 bridgehead atoms. The van der Waals surface area contributed by atoms with Crippen molar-refractivity contribution in [1.82, 2.24) is 24.6 Å². The number of fused-ring (bicyclic) bond motifs is 1. The van der Waals surface area contributed by atoms with Gasteiger partial charge in [0.1, 0.15) is 12.0 Å². The van der Waals surface area contributed by atoms with Crippen LogP contribution in [0.4, 0.5) is 0 Å². The van der Waals surface area contributed by atoms with E-state index in [4.69, 9.17) is 4.74 Å². The van der Waals surface area contributed by atoms with E-state index in [0.29, 0.717) is 18.1 Å². The Morgan fingerprint density at radius 2 is 2.32 bits per heavy atom. The zero-order chi connectivity index (χ0) is 13.2. The molecule has 7 heteroatoms. The fourth-order valence-corrected chi connectivity index (χ4v) is 1.78. The van der Waals surface area contributed by atoms with Crippen molar-refractivity contribution in [3.8, 4) is 11.4 Å². The molecule has 0 aromatic carbocycles. The molecular weight excluding hydrogens is 246 g/mol. The van der Waals surface area contributed by atoms with Crippen LogP contribution in [0.3, 0.4) is 0 Å². The average molecular weight is 257 g/mol. The summed E-state index contributed by atoms with van der Waals surface area (Å²) in [6.45, 7) is 2.09. The summed E-state index contributed by atoms with van der Waals surface area (Å²) >= 11 is 0. The van der Waals surface area contributed by atoms with Gasteiger partial charge in [0.05, 0.1) is 6.61 Å². The van der Waals surface area contributed by atoms with E-state index < -0.39 is 5.97 Å². The Kier molecular flexibility index (Phi) is 2.71. The first-order valence-corrected chi connectivity index (χ1v) is 5.80. The Bertz CT molecular complexity index is 717. The number of imidazole rings is 1. The number of nitrogens with one attached hydrogen (secondary N) is 1. The van der Waals surface area contributed by atoms with Crippen LogP contribution in [-0.2, 0) is 4.74 Å². The van der Waals surface area contributed by atoms with E-state index in [0.717, 1.165) is 5.56 Å². The Hall–Kier alpha value is -2.70. The first-order valence-electron chi connectivity index (χ1n) is 5.80. The molecule has 0 aliphatic rings. The number of carbonyl (C=O) groups is 1. The molecule has 0 saturated heterocycles. The lowest BCUT2D eigenvalue weighted by Crippen LogP contribution is -2.04. The van der Waals surface area contributed by atoms with E-state index in [1.165, 1.54) is 6.33 Å². The summed E-state index contributed by atoms with van der Waals surface area (Å²) in [5, 5.41) is 6.66. The van der Waals surface area contributed by atoms with Crippen LogP contribution < -0.4 is 0 Å². The molecule has 3 aromatic heterocycles. The minimum absolute atomic E-state index is 0.286. The molecule has 96 valence electrons. The van der Waals surface area contributed by atoms with Crippen LogP contribution in [0, 0.1) is 0 Å². The molecule has 0 aliphatic heterocycles. The summed E-state index contributed by atoms with van der Waals surface area (Å²) in [5.41, 5.74) is 1.79. The lowest BCUT2D eigenvalue weighted by Gasteiger charge is -1.96. The van der Waals surface area contributed by atoms with Gasteiger partial charge in [-0.25, -0.2) is 14.8 Å². The second-order valence-electron chi connectivity index (χ2n) is 3.85. The second-order valence-corrected chi connectivity index (χ2v) is 3.85. The number of nitrogens with zero attached hydrogens (tertiary/aromatic N) is 4. The molecule has 3 aromatic rings. The van der Waals surface area contributed by atoms with Crippen molar-refractivity contribution in [2.24, 2.45) is 0 Å². The third-order valence-electron chi connectivity index (χ3n) is 2.61. The maximum absolute atomic E-state index is 11.6. The number of carbonyl (C=O) groups excluding carboxylic acids is 1. The number of ether oxygens (including phenoxy) is 1. The van der Waals surface area contributed by atoms with Gasteiger partial charge in [-0.15, -0.1) is 0 Å². The number of esters is 1. The highest BCUT2D eigenvalue weighted by molar-refractivity contribution is 5.88. The maximum atomic E-state index is 11.6. The quantitative estimate of drug-likeness (QED) is 0.715. The van der Waals surface area contributed by atoms with Gasteiger partial charge < -0.3 is 9.14 Å². The summed E-state index contributed by atoms with van der Waals surface area (Å²) in [5.74, 6) is 0.166. The van der Waals surface area contributed by atoms with Gasteiger partial charge in [0.15, 0.2) is 11.5 Å². The normalized spacial score (nSPS) is 10.8. The van der Waals surface area contributed by atoms with Gasteiger partial charge in [0, 0.05) is 18.0 Å². The molecule has 0 saturated carbocycles. The molecule has 0 unspecified atom stereocenters. The fourth-order valence-electron chi connectivity index (χ4n) is 1.78. The van der Waals surface area contributed by atoms with Crippen molar-refractivity contribution < 1.29 is 9.53 Å². The van der Waals surface area contributed by atoms with Crippen molar-refractivity contribution in [3.63, 3.8) is 0 Å². The molecule has 0 atom stereocenters.